The third-order valence-corrected chi connectivity index (χ3v) is 3.80. The molecule has 2 aliphatic rings. The topological polar surface area (TPSA) is 12.4 Å². The van der Waals surface area contributed by atoms with Gasteiger partial charge in [0, 0.05) is 18.2 Å². The van der Waals surface area contributed by atoms with Gasteiger partial charge in [-0.1, -0.05) is 19.1 Å². The standard InChI is InChI=1S/C13H12F3N/c1-12-6-10(12)11(17-7-12)8-2-4-9(5-3-8)13(14,15)16/h2-5,10H,6-7H2,1H3. The third-order valence-electron chi connectivity index (χ3n) is 3.80. The van der Waals surface area contributed by atoms with Gasteiger partial charge in [0.1, 0.15) is 0 Å². The van der Waals surface area contributed by atoms with E-state index in [0.29, 0.717) is 5.92 Å². The van der Waals surface area contributed by atoms with Crippen molar-refractivity contribution >= 4 is 5.71 Å². The molecule has 1 saturated carbocycles. The Labute approximate surface area is 97.4 Å². The molecule has 0 bridgehead atoms. The minimum atomic E-state index is -4.26. The average Bonchev–Trinajstić information content (AvgIpc) is 2.81. The van der Waals surface area contributed by atoms with Crippen LogP contribution in [0.5, 0.6) is 0 Å². The Morgan fingerprint density at radius 2 is 1.88 bits per heavy atom. The highest BCUT2D eigenvalue weighted by atomic mass is 19.4. The molecule has 2 atom stereocenters. The average molecular weight is 239 g/mol. The van der Waals surface area contributed by atoms with Crippen molar-refractivity contribution in [3.63, 3.8) is 0 Å². The van der Waals surface area contributed by atoms with E-state index in [2.05, 4.69) is 11.9 Å². The van der Waals surface area contributed by atoms with E-state index in [4.69, 9.17) is 0 Å². The summed E-state index contributed by atoms with van der Waals surface area (Å²) in [5.41, 5.74) is 1.52. The van der Waals surface area contributed by atoms with Crippen molar-refractivity contribution in [2.75, 3.05) is 6.54 Å². The molecule has 4 heteroatoms. The molecule has 1 heterocycles. The number of benzene rings is 1. The van der Waals surface area contributed by atoms with E-state index in [1.165, 1.54) is 12.1 Å². The number of halogens is 3. The molecule has 3 rings (SSSR count). The molecule has 0 spiro atoms. The van der Waals surface area contributed by atoms with Crippen LogP contribution in [0.3, 0.4) is 0 Å². The fourth-order valence-electron chi connectivity index (χ4n) is 2.51. The Bertz CT molecular complexity index is 486. The summed E-state index contributed by atoms with van der Waals surface area (Å²) in [5.74, 6) is 0.458. The number of alkyl halides is 3. The fraction of sp³-hybridized carbons (Fsp3) is 0.462. The molecule has 2 unspecified atom stereocenters. The number of hydrogen-bond acceptors (Lipinski definition) is 1. The first-order chi connectivity index (χ1) is 7.90. The highest BCUT2D eigenvalue weighted by Gasteiger charge is 2.56. The van der Waals surface area contributed by atoms with Gasteiger partial charge in [0.25, 0.3) is 0 Å². The van der Waals surface area contributed by atoms with Crippen molar-refractivity contribution in [1.82, 2.24) is 0 Å². The van der Waals surface area contributed by atoms with Crippen LogP contribution in [0.1, 0.15) is 24.5 Å². The van der Waals surface area contributed by atoms with Crippen LogP contribution >= 0.6 is 0 Å². The molecule has 0 amide bonds. The van der Waals surface area contributed by atoms with Crippen LogP contribution < -0.4 is 0 Å². The Hall–Kier alpha value is -1.32. The lowest BCUT2D eigenvalue weighted by Gasteiger charge is -2.08. The Kier molecular flexibility index (Phi) is 1.98. The Morgan fingerprint density at radius 3 is 2.29 bits per heavy atom. The summed E-state index contributed by atoms with van der Waals surface area (Å²) in [5, 5.41) is 0. The summed E-state index contributed by atoms with van der Waals surface area (Å²) in [4.78, 5) is 4.44. The Balaban J connectivity index is 1.87. The number of nitrogens with zero attached hydrogens (tertiary/aromatic N) is 1. The van der Waals surface area contributed by atoms with Crippen LogP contribution in [0.4, 0.5) is 13.2 Å². The maximum Gasteiger partial charge on any atom is 0.416 e. The van der Waals surface area contributed by atoms with Crippen molar-refractivity contribution in [3.8, 4) is 0 Å². The summed E-state index contributed by atoms with van der Waals surface area (Å²) >= 11 is 0. The van der Waals surface area contributed by atoms with Gasteiger partial charge in [-0.2, -0.15) is 13.2 Å². The summed E-state index contributed by atoms with van der Waals surface area (Å²) in [7, 11) is 0. The number of fused-ring (bicyclic) bond motifs is 1. The van der Waals surface area contributed by atoms with Gasteiger partial charge in [-0.25, -0.2) is 0 Å². The molecule has 17 heavy (non-hydrogen) atoms. The van der Waals surface area contributed by atoms with Crippen LogP contribution in [0.15, 0.2) is 29.3 Å². The second kappa shape index (κ2) is 3.12. The predicted octanol–water partition coefficient (Wildman–Crippen LogP) is 3.53. The minimum absolute atomic E-state index is 0.290. The first kappa shape index (κ1) is 10.8. The summed E-state index contributed by atoms with van der Waals surface area (Å²) in [6, 6.07) is 5.34. The van der Waals surface area contributed by atoms with Crippen molar-refractivity contribution < 1.29 is 13.2 Å². The normalized spacial score (nSPS) is 31.1. The summed E-state index contributed by atoms with van der Waals surface area (Å²) in [6.45, 7) is 2.99. The monoisotopic (exact) mass is 239 g/mol. The van der Waals surface area contributed by atoms with E-state index in [0.717, 1.165) is 36.4 Å². The molecule has 1 fully saturated rings. The first-order valence-corrected chi connectivity index (χ1v) is 5.62. The molecule has 1 aromatic carbocycles. The zero-order chi connectivity index (χ0) is 12.3. The second-order valence-corrected chi connectivity index (χ2v) is 5.19. The Morgan fingerprint density at radius 1 is 1.24 bits per heavy atom. The maximum atomic E-state index is 12.4. The van der Waals surface area contributed by atoms with E-state index in [1.54, 1.807) is 0 Å². The minimum Gasteiger partial charge on any atom is -0.288 e. The van der Waals surface area contributed by atoms with Crippen molar-refractivity contribution in [3.05, 3.63) is 35.4 Å². The predicted molar refractivity (Wildman–Crippen MR) is 59.1 cm³/mol. The molecule has 1 nitrogen and oxygen atoms in total. The number of rotatable bonds is 1. The lowest BCUT2D eigenvalue weighted by molar-refractivity contribution is -0.137. The molecule has 0 radical (unpaired) electrons. The SMILES string of the molecule is CC12CN=C(c3ccc(C(F)(F)F)cc3)C1C2. The van der Waals surface area contributed by atoms with Crippen LogP contribution in [0, 0.1) is 11.3 Å². The highest BCUT2D eigenvalue weighted by Crippen LogP contribution is 2.57. The van der Waals surface area contributed by atoms with E-state index in [1.807, 2.05) is 0 Å². The van der Waals surface area contributed by atoms with E-state index >= 15 is 0 Å². The molecule has 0 saturated heterocycles. The molecular formula is C13H12F3N. The van der Waals surface area contributed by atoms with Gasteiger partial charge in [0.2, 0.25) is 0 Å². The molecular weight excluding hydrogens is 227 g/mol. The van der Waals surface area contributed by atoms with E-state index < -0.39 is 11.7 Å². The van der Waals surface area contributed by atoms with Crippen molar-refractivity contribution in [2.45, 2.75) is 19.5 Å². The maximum absolute atomic E-state index is 12.4. The van der Waals surface area contributed by atoms with Gasteiger partial charge in [-0.05, 0) is 29.5 Å². The molecule has 1 aliphatic heterocycles. The first-order valence-electron chi connectivity index (χ1n) is 5.62. The number of hydrogen-bond donors (Lipinski definition) is 0. The largest absolute Gasteiger partial charge is 0.416 e. The zero-order valence-corrected chi connectivity index (χ0v) is 9.38. The lowest BCUT2D eigenvalue weighted by atomic mass is 10.0. The van der Waals surface area contributed by atoms with Crippen molar-refractivity contribution in [1.29, 1.82) is 0 Å². The number of aliphatic imine (C=N–C) groups is 1. The van der Waals surface area contributed by atoms with E-state index in [-0.39, 0.29) is 5.41 Å². The quantitative estimate of drug-likeness (QED) is 0.710. The van der Waals surface area contributed by atoms with Crippen LogP contribution in [-0.2, 0) is 6.18 Å². The van der Waals surface area contributed by atoms with Gasteiger partial charge in [0.05, 0.1) is 5.56 Å². The van der Waals surface area contributed by atoms with Crippen molar-refractivity contribution in [2.24, 2.45) is 16.3 Å². The van der Waals surface area contributed by atoms with Crippen LogP contribution in [0.25, 0.3) is 0 Å². The van der Waals surface area contributed by atoms with Gasteiger partial charge in [0.15, 0.2) is 0 Å². The lowest BCUT2D eigenvalue weighted by Crippen LogP contribution is -2.07. The van der Waals surface area contributed by atoms with Crippen LogP contribution in [-0.4, -0.2) is 12.3 Å². The van der Waals surface area contributed by atoms with E-state index in [9.17, 15) is 13.2 Å². The van der Waals surface area contributed by atoms with Gasteiger partial charge in [-0.15, -0.1) is 0 Å². The molecule has 0 N–H and O–H groups in total. The highest BCUT2D eigenvalue weighted by molar-refractivity contribution is 6.06. The molecule has 1 aliphatic carbocycles. The molecule has 0 aromatic heterocycles. The summed E-state index contributed by atoms with van der Waals surface area (Å²) < 4.78 is 37.2. The van der Waals surface area contributed by atoms with Crippen LogP contribution in [0.2, 0.25) is 0 Å². The molecule has 1 aromatic rings. The zero-order valence-electron chi connectivity index (χ0n) is 9.38. The fourth-order valence-corrected chi connectivity index (χ4v) is 2.51. The smallest absolute Gasteiger partial charge is 0.288 e. The van der Waals surface area contributed by atoms with Gasteiger partial charge in [-0.3, -0.25) is 4.99 Å². The summed E-state index contributed by atoms with van der Waals surface area (Å²) in [6.07, 6.45) is -3.14. The third kappa shape index (κ3) is 1.66. The molecule has 90 valence electrons. The van der Waals surface area contributed by atoms with Gasteiger partial charge < -0.3 is 0 Å². The van der Waals surface area contributed by atoms with Gasteiger partial charge >= 0.3 is 6.18 Å². The second-order valence-electron chi connectivity index (χ2n) is 5.19.